The van der Waals surface area contributed by atoms with Crippen LogP contribution in [0.2, 0.25) is 0 Å². The first-order valence-corrected chi connectivity index (χ1v) is 11.5. The third-order valence-corrected chi connectivity index (χ3v) is 7.18. The number of amides is 1. The summed E-state index contributed by atoms with van der Waals surface area (Å²) in [5, 5.41) is 5.08. The van der Waals surface area contributed by atoms with Gasteiger partial charge < -0.3 is 9.72 Å². The number of para-hydroxylation sites is 1. The number of benzene rings is 2. The first-order chi connectivity index (χ1) is 15.0. The Morgan fingerprint density at radius 3 is 2.77 bits per heavy atom. The Bertz CT molecular complexity index is 1230. The fourth-order valence-electron chi connectivity index (χ4n) is 3.60. The van der Waals surface area contributed by atoms with Crippen LogP contribution in [0.1, 0.15) is 28.4 Å². The number of hydrogen-bond acceptors (Lipinski definition) is 5. The number of H-pyrrole nitrogens is 1. The molecule has 2 N–H and O–H groups in total. The third-order valence-electron chi connectivity index (χ3n) is 5.29. The highest BCUT2D eigenvalue weighted by molar-refractivity contribution is 7.89. The highest BCUT2D eigenvalue weighted by atomic mass is 32.2. The molecule has 0 bridgehead atoms. The lowest BCUT2D eigenvalue weighted by Crippen LogP contribution is -2.40. The number of sulfonamides is 1. The summed E-state index contributed by atoms with van der Waals surface area (Å²) in [5.74, 6) is -0.482. The maximum atomic E-state index is 12.8. The topological polar surface area (TPSA) is 104 Å². The van der Waals surface area contributed by atoms with Crippen LogP contribution in [0.4, 0.5) is 0 Å². The van der Waals surface area contributed by atoms with Gasteiger partial charge in [0.15, 0.2) is 0 Å². The van der Waals surface area contributed by atoms with Crippen molar-refractivity contribution < 1.29 is 17.9 Å². The molecule has 1 amide bonds. The van der Waals surface area contributed by atoms with Crippen LogP contribution in [0, 0.1) is 0 Å². The summed E-state index contributed by atoms with van der Waals surface area (Å²) in [4.78, 5) is 15.9. The molecule has 9 heteroatoms. The van der Waals surface area contributed by atoms with E-state index in [1.165, 1.54) is 22.0 Å². The number of aromatic amines is 1. The number of rotatable bonds is 6. The minimum absolute atomic E-state index is 0.0785. The Labute approximate surface area is 181 Å². The second-order valence-electron chi connectivity index (χ2n) is 7.18. The van der Waals surface area contributed by atoms with Gasteiger partial charge in [0.05, 0.1) is 24.3 Å². The molecule has 0 radical (unpaired) electrons. The number of aryl methyl sites for hydroxylation is 1. The van der Waals surface area contributed by atoms with Gasteiger partial charge in [-0.15, -0.1) is 0 Å². The number of fused-ring (bicyclic) bond motifs is 1. The van der Waals surface area contributed by atoms with Gasteiger partial charge in [-0.1, -0.05) is 31.2 Å². The van der Waals surface area contributed by atoms with Gasteiger partial charge in [-0.2, -0.15) is 9.41 Å². The van der Waals surface area contributed by atoms with Crippen LogP contribution in [-0.4, -0.2) is 56.1 Å². The summed E-state index contributed by atoms with van der Waals surface area (Å²) in [6, 6.07) is 12.0. The molecule has 0 atom stereocenters. The maximum absolute atomic E-state index is 12.8. The minimum Gasteiger partial charge on any atom is -0.379 e. The molecule has 0 unspecified atom stereocenters. The predicted octanol–water partition coefficient (Wildman–Crippen LogP) is 2.52. The number of morpholine rings is 1. The molecule has 2 heterocycles. The molecule has 162 valence electrons. The molecule has 0 aliphatic carbocycles. The Hall–Kier alpha value is -3.01. The zero-order chi connectivity index (χ0) is 21.8. The second kappa shape index (κ2) is 9.01. The maximum Gasteiger partial charge on any atom is 0.271 e. The van der Waals surface area contributed by atoms with Gasteiger partial charge in [-0.05, 0) is 30.2 Å². The molecule has 0 saturated carbocycles. The summed E-state index contributed by atoms with van der Waals surface area (Å²) >= 11 is 0. The number of nitrogens with zero attached hydrogens (tertiary/aromatic N) is 2. The van der Waals surface area contributed by atoms with Gasteiger partial charge in [0.1, 0.15) is 0 Å². The lowest BCUT2D eigenvalue weighted by Gasteiger charge is -2.26. The van der Waals surface area contributed by atoms with E-state index in [4.69, 9.17) is 4.74 Å². The van der Waals surface area contributed by atoms with E-state index < -0.39 is 15.9 Å². The zero-order valence-electron chi connectivity index (χ0n) is 17.2. The fraction of sp³-hybridized carbons (Fsp3) is 0.273. The smallest absolute Gasteiger partial charge is 0.271 e. The molecule has 1 aromatic heterocycles. The van der Waals surface area contributed by atoms with Gasteiger partial charge in [0, 0.05) is 41.3 Å². The molecule has 3 aromatic rings. The summed E-state index contributed by atoms with van der Waals surface area (Å²) in [7, 11) is -3.67. The molecule has 1 fully saturated rings. The number of hydrogen-bond donors (Lipinski definition) is 2. The van der Waals surface area contributed by atoms with Crippen LogP contribution in [0.5, 0.6) is 0 Å². The normalized spacial score (nSPS) is 15.5. The molecular formula is C22H24N4O4S. The zero-order valence-corrected chi connectivity index (χ0v) is 18.0. The fourth-order valence-corrected chi connectivity index (χ4v) is 5.05. The number of carbonyl (C=O) groups excluding carboxylic acids is 1. The Morgan fingerprint density at radius 2 is 2.00 bits per heavy atom. The molecular weight excluding hydrogens is 416 g/mol. The van der Waals surface area contributed by atoms with E-state index >= 15 is 0 Å². The van der Waals surface area contributed by atoms with Gasteiger partial charge in [0.2, 0.25) is 10.0 Å². The van der Waals surface area contributed by atoms with E-state index in [1.54, 1.807) is 18.3 Å². The number of carbonyl (C=O) groups is 1. The number of hydrazone groups is 1. The van der Waals surface area contributed by atoms with Gasteiger partial charge in [-0.3, -0.25) is 4.79 Å². The van der Waals surface area contributed by atoms with Crippen molar-refractivity contribution in [2.24, 2.45) is 5.10 Å². The van der Waals surface area contributed by atoms with E-state index in [0.717, 1.165) is 22.9 Å². The van der Waals surface area contributed by atoms with Gasteiger partial charge in [-0.25, -0.2) is 13.8 Å². The lowest BCUT2D eigenvalue weighted by molar-refractivity contribution is 0.0730. The predicted molar refractivity (Wildman–Crippen MR) is 119 cm³/mol. The largest absolute Gasteiger partial charge is 0.379 e. The number of nitrogens with one attached hydrogen (secondary N) is 2. The summed E-state index contributed by atoms with van der Waals surface area (Å²) in [5.41, 5.74) is 5.82. The highest BCUT2D eigenvalue weighted by Gasteiger charge is 2.26. The SMILES string of the molecule is CCc1cccc2c(C=NNC(=O)c3cccc(S(=O)(=O)N4CCOCC4)c3)c[nH]c12. The summed E-state index contributed by atoms with van der Waals surface area (Å²) in [6.45, 7) is 3.42. The van der Waals surface area contributed by atoms with Gasteiger partial charge in [0.25, 0.3) is 5.91 Å². The first-order valence-electron chi connectivity index (χ1n) is 10.1. The van der Waals surface area contributed by atoms with Crippen LogP contribution in [0.15, 0.2) is 58.7 Å². The van der Waals surface area contributed by atoms with E-state index in [9.17, 15) is 13.2 Å². The molecule has 31 heavy (non-hydrogen) atoms. The Balaban J connectivity index is 1.49. The average Bonchev–Trinajstić information content (AvgIpc) is 3.23. The lowest BCUT2D eigenvalue weighted by atomic mass is 10.1. The second-order valence-corrected chi connectivity index (χ2v) is 9.12. The van der Waals surface area contributed by atoms with Crippen LogP contribution < -0.4 is 5.43 Å². The monoisotopic (exact) mass is 440 g/mol. The minimum atomic E-state index is -3.67. The van der Waals surface area contributed by atoms with Crippen molar-refractivity contribution in [2.75, 3.05) is 26.3 Å². The van der Waals surface area contributed by atoms with E-state index in [-0.39, 0.29) is 10.5 Å². The van der Waals surface area contributed by atoms with Crippen LogP contribution in [-0.2, 0) is 21.2 Å². The quantitative estimate of drug-likeness (QED) is 0.454. The van der Waals surface area contributed by atoms with Crippen molar-refractivity contribution in [3.05, 3.63) is 65.4 Å². The number of aromatic nitrogens is 1. The Kier molecular flexibility index (Phi) is 6.17. The molecule has 2 aromatic carbocycles. The van der Waals surface area contributed by atoms with Crippen molar-refractivity contribution in [3.63, 3.8) is 0 Å². The van der Waals surface area contributed by atoms with Gasteiger partial charge >= 0.3 is 0 Å². The van der Waals surface area contributed by atoms with Crippen molar-refractivity contribution in [2.45, 2.75) is 18.2 Å². The molecule has 1 saturated heterocycles. The standard InChI is InChI=1S/C22H24N4O4S/c1-2-16-5-4-8-20-18(14-23-21(16)20)15-24-25-22(27)17-6-3-7-19(13-17)31(28,29)26-9-11-30-12-10-26/h3-8,13-15,23H,2,9-12H2,1H3,(H,25,27). The highest BCUT2D eigenvalue weighted by Crippen LogP contribution is 2.21. The van der Waals surface area contributed by atoms with Crippen LogP contribution in [0.25, 0.3) is 10.9 Å². The van der Waals surface area contributed by atoms with E-state index in [0.29, 0.717) is 26.3 Å². The van der Waals surface area contributed by atoms with Crippen molar-refractivity contribution in [1.82, 2.24) is 14.7 Å². The molecule has 1 aliphatic heterocycles. The van der Waals surface area contributed by atoms with Crippen molar-refractivity contribution >= 4 is 33.0 Å². The molecule has 1 aliphatic rings. The Morgan fingerprint density at radius 1 is 1.23 bits per heavy atom. The number of ether oxygens (including phenoxy) is 1. The average molecular weight is 441 g/mol. The van der Waals surface area contributed by atoms with E-state index in [2.05, 4.69) is 28.5 Å². The van der Waals surface area contributed by atoms with Crippen LogP contribution in [0.3, 0.4) is 0 Å². The van der Waals surface area contributed by atoms with Crippen molar-refractivity contribution in [3.8, 4) is 0 Å². The summed E-state index contributed by atoms with van der Waals surface area (Å²) in [6.07, 6.45) is 4.33. The van der Waals surface area contributed by atoms with Crippen molar-refractivity contribution in [1.29, 1.82) is 0 Å². The third kappa shape index (κ3) is 4.39. The molecule has 4 rings (SSSR count). The van der Waals surface area contributed by atoms with E-state index in [1.807, 2.05) is 18.3 Å². The van der Waals surface area contributed by atoms with Crippen LogP contribution >= 0.6 is 0 Å². The first kappa shape index (κ1) is 21.2. The molecule has 0 spiro atoms. The molecule has 8 nitrogen and oxygen atoms in total. The summed E-state index contributed by atoms with van der Waals surface area (Å²) < 4.78 is 32.2.